The molecule has 0 bridgehead atoms. The number of hydrogen-bond acceptors (Lipinski definition) is 10. The molecule has 0 heterocycles. The summed E-state index contributed by atoms with van der Waals surface area (Å²) in [4.78, 5) is 35.0. The molecule has 11 nitrogen and oxygen atoms in total. The Morgan fingerprint density at radius 1 is 0.559 bits per heavy atom. The maximum absolute atomic E-state index is 12.6. The van der Waals surface area contributed by atoms with Crippen LogP contribution >= 0.6 is 7.82 Å². The highest BCUT2D eigenvalue weighted by atomic mass is 31.2. The van der Waals surface area contributed by atoms with Gasteiger partial charge in [-0.1, -0.05) is 167 Å². The number of esters is 2. The van der Waals surface area contributed by atoms with Gasteiger partial charge in [0.2, 0.25) is 0 Å². The van der Waals surface area contributed by atoms with Gasteiger partial charge in [-0.25, -0.2) is 4.57 Å². The fraction of sp³-hybridized carbons (Fsp3) is 0.872. The Morgan fingerprint density at radius 3 is 1.54 bits per heavy atom. The van der Waals surface area contributed by atoms with E-state index in [2.05, 4.69) is 32.1 Å². The SMILES string of the molecule is CCCCC/C=C\C[C@H](O)[C@@H](O)CCCCCCCC(=O)O[C@H](COC(=O)CCCCCCCCCCCCC/C=C\CCCCCCCC)COP(=O)(O)OCCN. The van der Waals surface area contributed by atoms with Gasteiger partial charge in [0.1, 0.15) is 6.61 Å². The molecule has 0 aliphatic heterocycles. The zero-order valence-electron chi connectivity index (χ0n) is 37.7. The van der Waals surface area contributed by atoms with E-state index in [1.165, 1.54) is 109 Å². The molecule has 0 aromatic rings. The first-order chi connectivity index (χ1) is 28.6. The zero-order valence-corrected chi connectivity index (χ0v) is 38.6. The number of aliphatic hydroxyl groups excluding tert-OH is 2. The van der Waals surface area contributed by atoms with Crippen molar-refractivity contribution in [3.63, 3.8) is 0 Å². The monoisotopic (exact) mass is 860 g/mol. The van der Waals surface area contributed by atoms with Gasteiger partial charge in [-0.3, -0.25) is 18.6 Å². The lowest BCUT2D eigenvalue weighted by atomic mass is 10.0. The smallest absolute Gasteiger partial charge is 0.462 e. The van der Waals surface area contributed by atoms with Crippen molar-refractivity contribution in [1.29, 1.82) is 0 Å². The molecule has 59 heavy (non-hydrogen) atoms. The van der Waals surface area contributed by atoms with E-state index < -0.39 is 44.7 Å². The van der Waals surface area contributed by atoms with E-state index in [0.717, 1.165) is 57.8 Å². The summed E-state index contributed by atoms with van der Waals surface area (Å²) in [5, 5.41) is 20.5. The van der Waals surface area contributed by atoms with E-state index in [-0.39, 0.29) is 32.6 Å². The number of allylic oxidation sites excluding steroid dienone is 3. The largest absolute Gasteiger partial charge is 0.472 e. The summed E-state index contributed by atoms with van der Waals surface area (Å²) in [7, 11) is -4.42. The van der Waals surface area contributed by atoms with Crippen molar-refractivity contribution in [3.8, 4) is 0 Å². The topological polar surface area (TPSA) is 175 Å². The average Bonchev–Trinajstić information content (AvgIpc) is 3.22. The maximum atomic E-state index is 12.6. The number of carbonyl (C=O) groups is 2. The van der Waals surface area contributed by atoms with Crippen molar-refractivity contribution >= 4 is 19.8 Å². The van der Waals surface area contributed by atoms with Crippen LogP contribution in [0.2, 0.25) is 0 Å². The molecular formula is C47H90NO10P. The van der Waals surface area contributed by atoms with Crippen LogP contribution in [0.4, 0.5) is 0 Å². The second-order valence-corrected chi connectivity index (χ2v) is 17.7. The average molecular weight is 860 g/mol. The van der Waals surface area contributed by atoms with E-state index in [1.54, 1.807) is 0 Å². The van der Waals surface area contributed by atoms with Crippen LogP contribution < -0.4 is 5.73 Å². The number of unbranched alkanes of at least 4 members (excludes halogenated alkanes) is 24. The molecule has 0 rings (SSSR count). The summed E-state index contributed by atoms with van der Waals surface area (Å²) in [6.07, 6.45) is 39.4. The lowest BCUT2D eigenvalue weighted by molar-refractivity contribution is -0.161. The minimum absolute atomic E-state index is 0.0289. The highest BCUT2D eigenvalue weighted by molar-refractivity contribution is 7.47. The van der Waals surface area contributed by atoms with E-state index in [1.807, 2.05) is 6.08 Å². The van der Waals surface area contributed by atoms with Gasteiger partial charge in [0.05, 0.1) is 25.4 Å². The van der Waals surface area contributed by atoms with Crippen LogP contribution in [0.3, 0.4) is 0 Å². The molecule has 0 fully saturated rings. The normalized spacial score (nSPS) is 14.5. The van der Waals surface area contributed by atoms with Gasteiger partial charge in [-0.05, 0) is 64.2 Å². The lowest BCUT2D eigenvalue weighted by Crippen LogP contribution is -2.29. The summed E-state index contributed by atoms with van der Waals surface area (Å²) < 4.78 is 32.8. The zero-order chi connectivity index (χ0) is 43.5. The fourth-order valence-electron chi connectivity index (χ4n) is 6.77. The molecule has 0 aromatic heterocycles. The van der Waals surface area contributed by atoms with Gasteiger partial charge in [-0.2, -0.15) is 0 Å². The van der Waals surface area contributed by atoms with Crippen LogP contribution in [0.1, 0.15) is 219 Å². The van der Waals surface area contributed by atoms with E-state index in [4.69, 9.17) is 24.3 Å². The molecule has 0 spiro atoms. The Balaban J connectivity index is 4.16. The van der Waals surface area contributed by atoms with Crippen LogP contribution in [-0.4, -0.2) is 71.7 Å². The predicted octanol–water partition coefficient (Wildman–Crippen LogP) is 11.9. The molecule has 0 saturated carbocycles. The Bertz CT molecular complexity index is 1060. The molecule has 4 atom stereocenters. The molecule has 0 aliphatic rings. The van der Waals surface area contributed by atoms with Crippen molar-refractivity contribution < 1.29 is 47.8 Å². The lowest BCUT2D eigenvalue weighted by Gasteiger charge is -2.20. The minimum Gasteiger partial charge on any atom is -0.462 e. The number of ether oxygens (including phenoxy) is 2. The molecule has 5 N–H and O–H groups in total. The second-order valence-electron chi connectivity index (χ2n) is 16.3. The molecule has 0 radical (unpaired) electrons. The van der Waals surface area contributed by atoms with Gasteiger partial charge in [0.25, 0.3) is 0 Å². The number of phosphoric ester groups is 1. The summed E-state index contributed by atoms with van der Waals surface area (Å²) in [6.45, 7) is 3.51. The molecule has 348 valence electrons. The van der Waals surface area contributed by atoms with E-state index >= 15 is 0 Å². The summed E-state index contributed by atoms with van der Waals surface area (Å²) in [6, 6.07) is 0. The number of nitrogens with two attached hydrogens (primary N) is 1. The minimum atomic E-state index is -4.42. The quantitative estimate of drug-likeness (QED) is 0.0198. The van der Waals surface area contributed by atoms with Gasteiger partial charge < -0.3 is 30.3 Å². The van der Waals surface area contributed by atoms with E-state index in [9.17, 15) is 29.3 Å². The summed E-state index contributed by atoms with van der Waals surface area (Å²) in [5.74, 6) is -0.934. The highest BCUT2D eigenvalue weighted by Gasteiger charge is 2.26. The molecule has 0 aromatic carbocycles. The Morgan fingerprint density at radius 2 is 1.00 bits per heavy atom. The first-order valence-corrected chi connectivity index (χ1v) is 25.5. The van der Waals surface area contributed by atoms with Crippen LogP contribution in [0.25, 0.3) is 0 Å². The first-order valence-electron chi connectivity index (χ1n) is 24.0. The van der Waals surface area contributed by atoms with Crippen molar-refractivity contribution in [2.75, 3.05) is 26.4 Å². The summed E-state index contributed by atoms with van der Waals surface area (Å²) in [5.41, 5.74) is 5.35. The van der Waals surface area contributed by atoms with Gasteiger partial charge >= 0.3 is 19.8 Å². The van der Waals surface area contributed by atoms with Gasteiger partial charge in [0, 0.05) is 19.4 Å². The van der Waals surface area contributed by atoms with Gasteiger partial charge in [0.15, 0.2) is 6.10 Å². The molecule has 1 unspecified atom stereocenters. The standard InChI is InChI=1S/C47H90NO10P/c1-3-5-7-9-11-12-13-14-15-16-17-18-19-20-21-22-23-24-25-29-33-37-46(51)55-41-43(42-57-59(53,54)56-40-39-48)58-47(52)38-34-30-26-28-32-36-45(50)44(49)35-31-27-10-8-6-4-2/h14-15,27,31,43-45,49-50H,3-13,16-26,28-30,32-42,48H2,1-2H3,(H,53,54)/b15-14-,31-27-/t43-,44+,45+/m1/s1. The van der Waals surface area contributed by atoms with Crippen molar-refractivity contribution in [1.82, 2.24) is 0 Å². The van der Waals surface area contributed by atoms with Crippen molar-refractivity contribution in [2.45, 2.75) is 238 Å². The maximum Gasteiger partial charge on any atom is 0.472 e. The fourth-order valence-corrected chi connectivity index (χ4v) is 7.54. The summed E-state index contributed by atoms with van der Waals surface area (Å²) >= 11 is 0. The third-order valence-electron chi connectivity index (χ3n) is 10.5. The molecule has 0 saturated heterocycles. The predicted molar refractivity (Wildman–Crippen MR) is 241 cm³/mol. The number of rotatable bonds is 45. The second kappa shape index (κ2) is 43.1. The third-order valence-corrected chi connectivity index (χ3v) is 11.5. The molecule has 0 amide bonds. The van der Waals surface area contributed by atoms with Gasteiger partial charge in [-0.15, -0.1) is 0 Å². The molecule has 12 heteroatoms. The Kier molecular flexibility index (Phi) is 41.9. The van der Waals surface area contributed by atoms with Crippen LogP contribution in [0.5, 0.6) is 0 Å². The number of carbonyl (C=O) groups excluding carboxylic acids is 2. The van der Waals surface area contributed by atoms with Crippen LogP contribution in [0.15, 0.2) is 24.3 Å². The highest BCUT2D eigenvalue weighted by Crippen LogP contribution is 2.43. The van der Waals surface area contributed by atoms with E-state index in [0.29, 0.717) is 25.7 Å². The van der Waals surface area contributed by atoms with Crippen molar-refractivity contribution in [2.24, 2.45) is 5.73 Å². The number of hydrogen-bond donors (Lipinski definition) is 4. The molecular weight excluding hydrogens is 769 g/mol. The van der Waals surface area contributed by atoms with Crippen LogP contribution in [0, 0.1) is 0 Å². The Labute approximate surface area is 360 Å². The number of phosphoric acid groups is 1. The number of aliphatic hydroxyl groups is 2. The molecule has 0 aliphatic carbocycles. The Hall–Kier alpha value is -1.59. The third kappa shape index (κ3) is 41.5. The van der Waals surface area contributed by atoms with Crippen molar-refractivity contribution in [3.05, 3.63) is 24.3 Å². The van der Waals surface area contributed by atoms with Crippen LogP contribution in [-0.2, 0) is 32.7 Å². The first kappa shape index (κ1) is 57.4.